The minimum Gasteiger partial charge on any atom is -0.463 e. The predicted octanol–water partition coefficient (Wildman–Crippen LogP) is 0.0917. The Balaban J connectivity index is 1.43. The van der Waals surface area contributed by atoms with Crippen LogP contribution in [0.3, 0.4) is 0 Å². The van der Waals surface area contributed by atoms with Crippen molar-refractivity contribution in [2.24, 2.45) is 5.92 Å². The third kappa shape index (κ3) is 6.38. The van der Waals surface area contributed by atoms with Crippen molar-refractivity contribution < 1.29 is 14.3 Å². The Bertz CT molecular complexity index is 510. The Morgan fingerprint density at radius 2 is 1.55 bits per heavy atom. The Labute approximate surface area is 175 Å². The van der Waals surface area contributed by atoms with E-state index in [1.165, 1.54) is 25.9 Å². The zero-order chi connectivity index (χ0) is 20.6. The Morgan fingerprint density at radius 1 is 1.00 bits per heavy atom. The first-order valence-electron chi connectivity index (χ1n) is 11.4. The van der Waals surface area contributed by atoms with Gasteiger partial charge in [-0.1, -0.05) is 13.8 Å². The van der Waals surface area contributed by atoms with Gasteiger partial charge in [0.25, 0.3) is 0 Å². The fourth-order valence-electron chi connectivity index (χ4n) is 4.86. The van der Waals surface area contributed by atoms with Crippen LogP contribution in [0.15, 0.2) is 0 Å². The fraction of sp³-hybridized carbons (Fsp3) is 0.905. The van der Waals surface area contributed by atoms with Crippen LogP contribution in [-0.2, 0) is 14.3 Å². The molecule has 3 saturated heterocycles. The lowest BCUT2D eigenvalue weighted by molar-refractivity contribution is -0.154. The molecule has 0 aliphatic carbocycles. The number of esters is 1. The van der Waals surface area contributed by atoms with Crippen LogP contribution in [0, 0.1) is 5.92 Å². The lowest BCUT2D eigenvalue weighted by Crippen LogP contribution is -2.59. The first-order chi connectivity index (χ1) is 14.1. The van der Waals surface area contributed by atoms with Gasteiger partial charge in [0.2, 0.25) is 6.41 Å². The summed E-state index contributed by atoms with van der Waals surface area (Å²) >= 11 is 0. The normalized spacial score (nSPS) is 25.1. The van der Waals surface area contributed by atoms with Crippen LogP contribution >= 0.6 is 0 Å². The molecule has 3 fully saturated rings. The second-order valence-corrected chi connectivity index (χ2v) is 9.03. The minimum atomic E-state index is -0.663. The maximum Gasteiger partial charge on any atom is 0.344 e. The van der Waals surface area contributed by atoms with Gasteiger partial charge in [0.05, 0.1) is 6.61 Å². The number of carbonyl (C=O) groups is 2. The van der Waals surface area contributed by atoms with Gasteiger partial charge < -0.3 is 15.4 Å². The zero-order valence-electron chi connectivity index (χ0n) is 18.1. The first kappa shape index (κ1) is 22.5. The summed E-state index contributed by atoms with van der Waals surface area (Å²) in [5.41, 5.74) is 0. The van der Waals surface area contributed by atoms with Crippen LogP contribution in [-0.4, -0.2) is 104 Å². The number of carbonyl (C=O) groups excluding carboxylic acids is 2. The predicted molar refractivity (Wildman–Crippen MR) is 112 cm³/mol. The van der Waals surface area contributed by atoms with Crippen molar-refractivity contribution >= 4 is 12.4 Å². The topological polar surface area (TPSA) is 77.2 Å². The van der Waals surface area contributed by atoms with E-state index in [2.05, 4.69) is 25.3 Å². The molecule has 0 bridgehead atoms. The van der Waals surface area contributed by atoms with Crippen molar-refractivity contribution in [2.45, 2.75) is 57.8 Å². The summed E-state index contributed by atoms with van der Waals surface area (Å²) in [5.74, 6) is -0.0649. The van der Waals surface area contributed by atoms with E-state index in [4.69, 9.17) is 4.74 Å². The molecule has 1 amide bonds. The van der Waals surface area contributed by atoms with Crippen molar-refractivity contribution in [3.63, 3.8) is 0 Å². The molecule has 0 saturated carbocycles. The molecule has 3 heterocycles. The van der Waals surface area contributed by atoms with Gasteiger partial charge in [0.15, 0.2) is 6.17 Å². The summed E-state index contributed by atoms with van der Waals surface area (Å²) in [4.78, 5) is 30.8. The number of rotatable bonds is 8. The van der Waals surface area contributed by atoms with Gasteiger partial charge >= 0.3 is 5.97 Å². The molecule has 166 valence electrons. The summed E-state index contributed by atoms with van der Waals surface area (Å²) in [6, 6.07) is 1.33. The Hall–Kier alpha value is -1.22. The molecule has 0 spiro atoms. The first-order valence-corrected chi connectivity index (χ1v) is 11.4. The molecule has 2 N–H and O–H groups in total. The lowest BCUT2D eigenvalue weighted by Gasteiger charge is -2.46. The third-order valence-corrected chi connectivity index (χ3v) is 6.56. The molecule has 29 heavy (non-hydrogen) atoms. The highest BCUT2D eigenvalue weighted by Gasteiger charge is 2.34. The molecule has 0 aromatic rings. The fourth-order valence-corrected chi connectivity index (χ4v) is 4.86. The SMILES string of the molecule is CC(C)COC(=O)C(NC=O)N1CCC(N2CCN(C3CCNCC3)CC2)CC1. The van der Waals surface area contributed by atoms with Gasteiger partial charge in [-0.25, -0.2) is 4.79 Å². The number of likely N-dealkylation sites (tertiary alicyclic amines) is 1. The Kier molecular flexibility index (Phi) is 8.71. The van der Waals surface area contributed by atoms with Crippen LogP contribution in [0.2, 0.25) is 0 Å². The van der Waals surface area contributed by atoms with Gasteiger partial charge in [-0.15, -0.1) is 0 Å². The van der Waals surface area contributed by atoms with Crippen LogP contribution in [0.4, 0.5) is 0 Å². The van der Waals surface area contributed by atoms with E-state index in [9.17, 15) is 9.59 Å². The van der Waals surface area contributed by atoms with E-state index >= 15 is 0 Å². The van der Waals surface area contributed by atoms with Crippen LogP contribution < -0.4 is 10.6 Å². The summed E-state index contributed by atoms with van der Waals surface area (Å²) < 4.78 is 5.36. The maximum atomic E-state index is 12.4. The number of nitrogens with one attached hydrogen (secondary N) is 2. The zero-order valence-corrected chi connectivity index (χ0v) is 18.1. The molecule has 0 aromatic carbocycles. The molecule has 3 aliphatic rings. The van der Waals surface area contributed by atoms with Crippen LogP contribution in [0.25, 0.3) is 0 Å². The molecule has 3 rings (SSSR count). The van der Waals surface area contributed by atoms with Crippen molar-refractivity contribution in [3.05, 3.63) is 0 Å². The highest BCUT2D eigenvalue weighted by atomic mass is 16.5. The number of hydrogen-bond acceptors (Lipinski definition) is 7. The van der Waals surface area contributed by atoms with Crippen molar-refractivity contribution in [3.8, 4) is 0 Å². The van der Waals surface area contributed by atoms with E-state index < -0.39 is 6.17 Å². The summed E-state index contributed by atoms with van der Waals surface area (Å²) in [6.07, 6.45) is 4.55. The van der Waals surface area contributed by atoms with E-state index in [0.717, 1.165) is 58.2 Å². The largest absolute Gasteiger partial charge is 0.463 e. The third-order valence-electron chi connectivity index (χ3n) is 6.56. The average molecular weight is 410 g/mol. The Morgan fingerprint density at radius 3 is 2.07 bits per heavy atom. The maximum absolute atomic E-state index is 12.4. The van der Waals surface area contributed by atoms with Gasteiger partial charge in [0, 0.05) is 51.4 Å². The monoisotopic (exact) mass is 409 g/mol. The molecule has 1 atom stereocenters. The highest BCUT2D eigenvalue weighted by molar-refractivity contribution is 5.77. The molecule has 8 heteroatoms. The minimum absolute atomic E-state index is 0.283. The smallest absolute Gasteiger partial charge is 0.344 e. The number of nitrogens with zero attached hydrogens (tertiary/aromatic N) is 3. The van der Waals surface area contributed by atoms with E-state index in [1.54, 1.807) is 0 Å². The highest BCUT2D eigenvalue weighted by Crippen LogP contribution is 2.22. The summed E-state index contributed by atoms with van der Waals surface area (Å²) in [5, 5.41) is 6.11. The molecular formula is C21H39N5O3. The quantitative estimate of drug-likeness (QED) is 0.435. The van der Waals surface area contributed by atoms with E-state index in [-0.39, 0.29) is 11.9 Å². The van der Waals surface area contributed by atoms with Gasteiger partial charge in [-0.2, -0.15) is 0 Å². The molecular weight excluding hydrogens is 370 g/mol. The van der Waals surface area contributed by atoms with Crippen LogP contribution in [0.1, 0.15) is 39.5 Å². The number of amides is 1. The second kappa shape index (κ2) is 11.2. The molecule has 1 unspecified atom stereocenters. The van der Waals surface area contributed by atoms with E-state index in [0.29, 0.717) is 19.1 Å². The molecule has 0 radical (unpaired) electrons. The van der Waals surface area contributed by atoms with E-state index in [1.807, 2.05) is 13.8 Å². The number of ether oxygens (including phenoxy) is 1. The number of hydrogen-bond donors (Lipinski definition) is 2. The van der Waals surface area contributed by atoms with Gasteiger partial charge in [-0.05, 0) is 44.7 Å². The second-order valence-electron chi connectivity index (χ2n) is 9.03. The van der Waals surface area contributed by atoms with Crippen molar-refractivity contribution in [1.29, 1.82) is 0 Å². The lowest BCUT2D eigenvalue weighted by atomic mass is 10.00. The van der Waals surface area contributed by atoms with Gasteiger partial charge in [0.1, 0.15) is 0 Å². The summed E-state index contributed by atoms with van der Waals surface area (Å²) in [6.45, 7) is 12.9. The molecule has 3 aliphatic heterocycles. The van der Waals surface area contributed by atoms with Crippen molar-refractivity contribution in [2.75, 3.05) is 59.0 Å². The van der Waals surface area contributed by atoms with Gasteiger partial charge in [-0.3, -0.25) is 19.5 Å². The number of piperidine rings is 2. The number of piperazine rings is 1. The van der Waals surface area contributed by atoms with Crippen molar-refractivity contribution in [1.82, 2.24) is 25.3 Å². The average Bonchev–Trinajstić information content (AvgIpc) is 2.77. The molecule has 0 aromatic heterocycles. The standard InChI is InChI=1S/C21H39N5O3/c1-17(2)15-29-21(28)20(23-16-27)26-9-5-19(6-10-26)25-13-11-24(12-14-25)18-3-7-22-8-4-18/h16-20,22H,3-15H2,1-2H3,(H,23,27). The summed E-state index contributed by atoms with van der Waals surface area (Å²) in [7, 11) is 0. The molecule has 8 nitrogen and oxygen atoms in total. The van der Waals surface area contributed by atoms with Crippen LogP contribution in [0.5, 0.6) is 0 Å².